The molecular weight excluding hydrogens is 638 g/mol. The standard InChI is InChI=1S/C25H17Br2N7OS2/c26-17-7-3-5-15(11-17)12-21-23(35)34(24(36-21)16-6-4-8-18(27)13-16)31-25-30-29-22(37-25)14-33-20-10-2-1-9-19(20)28-32-33/h1-13,24H,14H2,(H,30,31)/b21-12-. The number of carbonyl (C=O) groups is 1. The molecule has 1 fully saturated rings. The molecule has 0 spiro atoms. The molecule has 2 aromatic heterocycles. The van der Waals surface area contributed by atoms with E-state index in [1.807, 2.05) is 78.9 Å². The molecule has 1 N–H and O–H groups in total. The fourth-order valence-electron chi connectivity index (χ4n) is 3.91. The van der Waals surface area contributed by atoms with E-state index in [4.69, 9.17) is 0 Å². The normalized spacial score (nSPS) is 16.7. The zero-order chi connectivity index (χ0) is 25.4. The monoisotopic (exact) mass is 653 g/mol. The highest BCUT2D eigenvalue weighted by molar-refractivity contribution is 9.10. The molecule has 3 aromatic carbocycles. The van der Waals surface area contributed by atoms with Crippen LogP contribution < -0.4 is 5.43 Å². The molecule has 8 nitrogen and oxygen atoms in total. The van der Waals surface area contributed by atoms with Crippen LogP contribution in [0, 0.1) is 0 Å². The Kier molecular flexibility index (Phi) is 6.80. The molecule has 0 saturated carbocycles. The number of hydrogen-bond donors (Lipinski definition) is 1. The summed E-state index contributed by atoms with van der Waals surface area (Å²) in [6.45, 7) is 0.436. The maximum absolute atomic E-state index is 13.6. The maximum Gasteiger partial charge on any atom is 0.280 e. The lowest BCUT2D eigenvalue weighted by Gasteiger charge is -2.23. The summed E-state index contributed by atoms with van der Waals surface area (Å²) in [4.78, 5) is 14.2. The van der Waals surface area contributed by atoms with Gasteiger partial charge in [-0.25, -0.2) is 9.69 Å². The minimum absolute atomic E-state index is 0.131. The second-order valence-corrected chi connectivity index (χ2v) is 12.1. The van der Waals surface area contributed by atoms with E-state index < -0.39 is 0 Å². The van der Waals surface area contributed by atoms with Crippen molar-refractivity contribution in [1.82, 2.24) is 30.2 Å². The molecule has 1 saturated heterocycles. The summed E-state index contributed by atoms with van der Waals surface area (Å²) in [5.74, 6) is -0.131. The van der Waals surface area contributed by atoms with Crippen molar-refractivity contribution >= 4 is 83.1 Å². The molecule has 0 aliphatic carbocycles. The zero-order valence-electron chi connectivity index (χ0n) is 19.0. The second kappa shape index (κ2) is 10.4. The van der Waals surface area contributed by atoms with Crippen LogP contribution in [0.4, 0.5) is 5.13 Å². The number of thioether (sulfide) groups is 1. The van der Waals surface area contributed by atoms with Gasteiger partial charge < -0.3 is 0 Å². The van der Waals surface area contributed by atoms with Crippen LogP contribution in [0.1, 0.15) is 21.5 Å². The van der Waals surface area contributed by atoms with Gasteiger partial charge in [-0.15, -0.1) is 15.3 Å². The van der Waals surface area contributed by atoms with Gasteiger partial charge in [0, 0.05) is 8.95 Å². The van der Waals surface area contributed by atoms with Crippen LogP contribution in [-0.2, 0) is 11.3 Å². The summed E-state index contributed by atoms with van der Waals surface area (Å²) in [5.41, 5.74) is 6.90. The molecule has 0 radical (unpaired) electrons. The van der Waals surface area contributed by atoms with Crippen molar-refractivity contribution in [3.63, 3.8) is 0 Å². The Morgan fingerprint density at radius 1 is 0.946 bits per heavy atom. The summed E-state index contributed by atoms with van der Waals surface area (Å²) in [7, 11) is 0. The lowest BCUT2D eigenvalue weighted by Crippen LogP contribution is -2.33. The Balaban J connectivity index is 1.28. The molecule has 12 heteroatoms. The van der Waals surface area contributed by atoms with E-state index in [1.165, 1.54) is 23.1 Å². The minimum atomic E-state index is -0.282. The number of nitrogens with one attached hydrogen (secondary N) is 1. The smallest absolute Gasteiger partial charge is 0.267 e. The van der Waals surface area contributed by atoms with Gasteiger partial charge in [-0.1, -0.05) is 96.6 Å². The number of hydrazine groups is 1. The molecule has 1 unspecified atom stereocenters. The number of fused-ring (bicyclic) bond motifs is 1. The topological polar surface area (TPSA) is 88.8 Å². The van der Waals surface area contributed by atoms with Crippen molar-refractivity contribution in [2.24, 2.45) is 0 Å². The SMILES string of the molecule is O=C1/C(=C/c2cccc(Br)c2)SC(c2cccc(Br)c2)N1Nc1nnc(Cn2nnc3ccccc32)s1. The van der Waals surface area contributed by atoms with Crippen molar-refractivity contribution < 1.29 is 4.79 Å². The minimum Gasteiger partial charge on any atom is -0.267 e. The lowest BCUT2D eigenvalue weighted by molar-refractivity contribution is -0.124. The number of aromatic nitrogens is 5. The number of hydrogen-bond acceptors (Lipinski definition) is 8. The highest BCUT2D eigenvalue weighted by atomic mass is 79.9. The van der Waals surface area contributed by atoms with Gasteiger partial charge in [0.15, 0.2) is 0 Å². The summed E-state index contributed by atoms with van der Waals surface area (Å²) < 4.78 is 3.69. The van der Waals surface area contributed by atoms with Gasteiger partial charge in [0.05, 0.1) is 17.0 Å². The number of para-hydroxylation sites is 1. The second-order valence-electron chi connectivity index (χ2n) is 8.11. The van der Waals surface area contributed by atoms with Crippen molar-refractivity contribution in [3.8, 4) is 0 Å². The van der Waals surface area contributed by atoms with E-state index in [2.05, 4.69) is 57.8 Å². The molecule has 37 heavy (non-hydrogen) atoms. The highest BCUT2D eigenvalue weighted by Crippen LogP contribution is 2.46. The molecule has 6 rings (SSSR count). The Labute approximate surface area is 237 Å². The lowest BCUT2D eigenvalue weighted by atomic mass is 10.2. The van der Waals surface area contributed by atoms with Crippen LogP contribution >= 0.6 is 55.0 Å². The van der Waals surface area contributed by atoms with E-state index in [0.29, 0.717) is 16.6 Å². The van der Waals surface area contributed by atoms with Gasteiger partial charge in [-0.05, 0) is 53.6 Å². The number of anilines is 1. The van der Waals surface area contributed by atoms with Gasteiger partial charge in [-0.3, -0.25) is 10.2 Å². The zero-order valence-corrected chi connectivity index (χ0v) is 23.8. The van der Waals surface area contributed by atoms with E-state index in [0.717, 1.165) is 36.1 Å². The van der Waals surface area contributed by atoms with Crippen molar-refractivity contribution in [2.75, 3.05) is 5.43 Å². The van der Waals surface area contributed by atoms with Crippen LogP contribution in [0.2, 0.25) is 0 Å². The number of amides is 1. The number of benzene rings is 3. The Bertz CT molecular complexity index is 1650. The molecule has 1 atom stereocenters. The van der Waals surface area contributed by atoms with Gasteiger partial charge in [0.2, 0.25) is 5.13 Å². The Morgan fingerprint density at radius 3 is 2.59 bits per heavy atom. The maximum atomic E-state index is 13.6. The third kappa shape index (κ3) is 5.19. The van der Waals surface area contributed by atoms with E-state index in [-0.39, 0.29) is 11.3 Å². The van der Waals surface area contributed by atoms with E-state index >= 15 is 0 Å². The summed E-state index contributed by atoms with van der Waals surface area (Å²) in [5, 5.41) is 19.7. The molecule has 184 valence electrons. The van der Waals surface area contributed by atoms with E-state index in [9.17, 15) is 4.79 Å². The first-order chi connectivity index (χ1) is 18.0. The summed E-state index contributed by atoms with van der Waals surface area (Å²) >= 11 is 9.92. The molecular formula is C25H17Br2N7OS2. The number of nitrogens with zero attached hydrogens (tertiary/aromatic N) is 6. The molecule has 5 aromatic rings. The van der Waals surface area contributed by atoms with Crippen LogP contribution in [0.3, 0.4) is 0 Å². The molecule has 1 aliphatic heterocycles. The van der Waals surface area contributed by atoms with Crippen LogP contribution in [0.25, 0.3) is 17.1 Å². The van der Waals surface area contributed by atoms with Crippen LogP contribution in [0.15, 0.2) is 86.6 Å². The summed E-state index contributed by atoms with van der Waals surface area (Å²) in [6.07, 6.45) is 1.91. The third-order valence-corrected chi connectivity index (χ3v) is 8.62. The molecule has 0 bridgehead atoms. The van der Waals surface area contributed by atoms with Gasteiger partial charge in [-0.2, -0.15) is 0 Å². The number of halogens is 2. The Morgan fingerprint density at radius 2 is 1.76 bits per heavy atom. The first-order valence-corrected chi connectivity index (χ1v) is 14.4. The van der Waals surface area contributed by atoms with Crippen molar-refractivity contribution in [2.45, 2.75) is 11.9 Å². The number of rotatable bonds is 6. The highest BCUT2D eigenvalue weighted by Gasteiger charge is 2.38. The molecule has 3 heterocycles. The Hall–Kier alpha value is -3.06. The average Bonchev–Trinajstić information content (AvgIpc) is 3.59. The quantitative estimate of drug-likeness (QED) is 0.209. The van der Waals surface area contributed by atoms with Gasteiger partial charge in [0.1, 0.15) is 15.9 Å². The van der Waals surface area contributed by atoms with Crippen molar-refractivity contribution in [1.29, 1.82) is 0 Å². The van der Waals surface area contributed by atoms with Crippen molar-refractivity contribution in [3.05, 3.63) is 103 Å². The average molecular weight is 655 g/mol. The summed E-state index contributed by atoms with van der Waals surface area (Å²) in [6, 6.07) is 23.6. The largest absolute Gasteiger partial charge is 0.280 e. The van der Waals surface area contributed by atoms with Crippen LogP contribution in [0.5, 0.6) is 0 Å². The first-order valence-electron chi connectivity index (χ1n) is 11.1. The molecule has 1 aliphatic rings. The van der Waals surface area contributed by atoms with Gasteiger partial charge >= 0.3 is 0 Å². The fourth-order valence-corrected chi connectivity index (χ4v) is 6.64. The molecule has 1 amide bonds. The fraction of sp³-hybridized carbons (Fsp3) is 0.0800. The predicted molar refractivity (Wildman–Crippen MR) is 154 cm³/mol. The van der Waals surface area contributed by atoms with Crippen LogP contribution in [-0.4, -0.2) is 36.1 Å². The first kappa shape index (κ1) is 24.3. The number of carbonyl (C=O) groups excluding carboxylic acids is 1. The van der Waals surface area contributed by atoms with Gasteiger partial charge in [0.25, 0.3) is 5.91 Å². The predicted octanol–water partition coefficient (Wildman–Crippen LogP) is 6.50. The van der Waals surface area contributed by atoms with E-state index in [1.54, 1.807) is 9.69 Å². The third-order valence-electron chi connectivity index (χ3n) is 5.57.